The average molecular weight is 1440 g/mol. The third-order valence-corrected chi connectivity index (χ3v) is 21.1. The fourth-order valence-corrected chi connectivity index (χ4v) is 14.8. The standard InChI is InChI=1S/C43H26N4O.C27H23BN2O3.C22H15BrN2/c1-3-11-28(12-4-1)36-26-37(45-42(44-36)30-13-5-2-6-14-30)29-21-19-27(20-22-29)31-23-24-39-34(25-31)40-41(48-39)32-15-7-8-16-33(32)43-46-35-17-9-10-18-38(35)47(40)43;1-26(2)27(3,4)33-28(32-26)16-13-14-22-19(15-16)23-24(31-22)17-9-5-6-10-18(17)25-29-20-11-7-8-12-21(20)30(23)25;23-19-13-11-17(12-14-19)21-15-20(16-7-3-1-4-8-16)24-22(25-21)18-9-5-2-6-10-18/h1-26H;5-15H,1-4H3;1-15H. The number of furan rings is 2. The van der Waals surface area contributed by atoms with Crippen LogP contribution in [0.4, 0.5) is 0 Å². The summed E-state index contributed by atoms with van der Waals surface area (Å²) in [5.41, 5.74) is 23.7. The van der Waals surface area contributed by atoms with Crippen molar-refractivity contribution in [1.29, 1.82) is 0 Å². The second-order valence-electron chi connectivity index (χ2n) is 27.7. The molecular formula is C92H64BBrN8O4. The number of para-hydroxylation sites is 4. The van der Waals surface area contributed by atoms with Gasteiger partial charge in [0.25, 0.3) is 0 Å². The zero-order valence-electron chi connectivity index (χ0n) is 58.2. The lowest BCUT2D eigenvalue weighted by Crippen LogP contribution is -2.41. The van der Waals surface area contributed by atoms with Gasteiger partial charge in [-0.1, -0.05) is 259 Å². The van der Waals surface area contributed by atoms with Gasteiger partial charge in [-0.25, -0.2) is 29.9 Å². The van der Waals surface area contributed by atoms with Crippen molar-refractivity contribution < 1.29 is 18.1 Å². The molecule has 12 aromatic carbocycles. The first-order valence-corrected chi connectivity index (χ1v) is 36.2. The third kappa shape index (κ3) is 11.3. The maximum absolute atomic E-state index is 6.59. The third-order valence-electron chi connectivity index (χ3n) is 20.6. The molecule has 1 aliphatic heterocycles. The molecule has 1 saturated heterocycles. The van der Waals surface area contributed by atoms with Crippen LogP contribution in [0.25, 0.3) is 178 Å². The fourth-order valence-electron chi connectivity index (χ4n) is 14.5. The van der Waals surface area contributed by atoms with Gasteiger partial charge in [0.05, 0.1) is 56.0 Å². The summed E-state index contributed by atoms with van der Waals surface area (Å²) in [6, 6.07) is 108. The molecule has 20 aromatic rings. The van der Waals surface area contributed by atoms with Crippen LogP contribution in [-0.2, 0) is 9.31 Å². The summed E-state index contributed by atoms with van der Waals surface area (Å²) >= 11 is 3.49. The molecule has 0 unspecified atom stereocenters. The summed E-state index contributed by atoms with van der Waals surface area (Å²) in [5, 5.41) is 6.35. The topological polar surface area (TPSA) is 131 Å². The molecule has 106 heavy (non-hydrogen) atoms. The van der Waals surface area contributed by atoms with Crippen LogP contribution < -0.4 is 5.46 Å². The number of pyridine rings is 2. The van der Waals surface area contributed by atoms with E-state index in [1.165, 1.54) is 0 Å². The molecule has 0 N–H and O–H groups in total. The van der Waals surface area contributed by atoms with Gasteiger partial charge >= 0.3 is 7.12 Å². The monoisotopic (exact) mass is 1430 g/mol. The second-order valence-corrected chi connectivity index (χ2v) is 28.6. The SMILES string of the molecule is Brc1ccc(-c2cc(-c3ccccc3)nc(-c3ccccc3)n2)cc1.CC1(C)OB(c2ccc3oc4c5ccccc5c5nc6ccccc6n5c4c3c2)OC1(C)C.c1ccc(-c2cc(-c3ccc(-c4ccc5oc6c7ccccc7c7nc8ccccc8n7c6c5c4)cc3)nc(-c3ccccc3)n2)cc1. The molecule has 14 heteroatoms. The average Bonchev–Trinajstić information content (AvgIpc) is 1.55. The zero-order valence-corrected chi connectivity index (χ0v) is 59.8. The van der Waals surface area contributed by atoms with Crippen molar-refractivity contribution in [3.8, 4) is 78.9 Å². The second kappa shape index (κ2) is 25.9. The minimum absolute atomic E-state index is 0.394. The van der Waals surface area contributed by atoms with Crippen LogP contribution in [0.3, 0.4) is 0 Å². The Morgan fingerprint density at radius 2 is 0.651 bits per heavy atom. The lowest BCUT2D eigenvalue weighted by atomic mass is 9.78. The molecule has 506 valence electrons. The van der Waals surface area contributed by atoms with Crippen LogP contribution in [0, 0.1) is 0 Å². The van der Waals surface area contributed by atoms with E-state index in [1.54, 1.807) is 0 Å². The predicted octanol–water partition coefficient (Wildman–Crippen LogP) is 23.1. The van der Waals surface area contributed by atoms with Gasteiger partial charge in [0.15, 0.2) is 22.8 Å². The highest BCUT2D eigenvalue weighted by molar-refractivity contribution is 9.10. The van der Waals surface area contributed by atoms with Crippen LogP contribution in [0.1, 0.15) is 27.7 Å². The van der Waals surface area contributed by atoms with Crippen molar-refractivity contribution in [1.82, 2.24) is 38.7 Å². The number of hydrogen-bond donors (Lipinski definition) is 0. The van der Waals surface area contributed by atoms with Crippen LogP contribution in [-0.4, -0.2) is 57.0 Å². The Bertz CT molecular complexity index is 6650. The molecule has 9 heterocycles. The highest BCUT2D eigenvalue weighted by atomic mass is 79.9. The number of rotatable bonds is 8. The Labute approximate surface area is 618 Å². The maximum atomic E-state index is 6.59. The molecule has 0 amide bonds. The fraction of sp³-hybridized carbons (Fsp3) is 0.0652. The summed E-state index contributed by atoms with van der Waals surface area (Å²) in [5.74, 6) is 1.44. The van der Waals surface area contributed by atoms with Crippen molar-refractivity contribution in [2.75, 3.05) is 0 Å². The van der Waals surface area contributed by atoms with Gasteiger partial charge < -0.3 is 18.1 Å². The Kier molecular flexibility index (Phi) is 15.7. The summed E-state index contributed by atoms with van der Waals surface area (Å²) < 4.78 is 31.3. The van der Waals surface area contributed by atoms with E-state index in [4.69, 9.17) is 48.0 Å². The predicted molar refractivity (Wildman–Crippen MR) is 434 cm³/mol. The largest absolute Gasteiger partial charge is 0.494 e. The lowest BCUT2D eigenvalue weighted by Gasteiger charge is -2.32. The number of aromatic nitrogens is 8. The molecule has 0 spiro atoms. The molecule has 0 aliphatic carbocycles. The van der Waals surface area contributed by atoms with Crippen LogP contribution in [0.15, 0.2) is 329 Å². The molecular weight excluding hydrogens is 1370 g/mol. The first-order valence-electron chi connectivity index (χ1n) is 35.4. The molecule has 1 aliphatic rings. The van der Waals surface area contributed by atoms with E-state index in [-0.39, 0.29) is 0 Å². The summed E-state index contributed by atoms with van der Waals surface area (Å²) in [7, 11) is -0.431. The van der Waals surface area contributed by atoms with Gasteiger partial charge in [0.1, 0.15) is 33.5 Å². The molecule has 8 aromatic heterocycles. The summed E-state index contributed by atoms with van der Waals surface area (Å²) in [6.45, 7) is 8.30. The first-order chi connectivity index (χ1) is 51.9. The van der Waals surface area contributed by atoms with Crippen LogP contribution >= 0.6 is 15.9 Å². The zero-order chi connectivity index (χ0) is 71.2. The van der Waals surface area contributed by atoms with Crippen molar-refractivity contribution in [2.45, 2.75) is 38.9 Å². The summed E-state index contributed by atoms with van der Waals surface area (Å²) in [6.07, 6.45) is 0. The molecule has 0 saturated carbocycles. The van der Waals surface area contributed by atoms with Gasteiger partial charge in [-0.2, -0.15) is 0 Å². The molecule has 0 atom stereocenters. The minimum Gasteiger partial charge on any atom is -0.454 e. The van der Waals surface area contributed by atoms with Crippen LogP contribution in [0.5, 0.6) is 0 Å². The Balaban J connectivity index is 0.000000115. The van der Waals surface area contributed by atoms with E-state index < -0.39 is 18.3 Å². The maximum Gasteiger partial charge on any atom is 0.494 e. The van der Waals surface area contributed by atoms with Crippen molar-refractivity contribution in [3.63, 3.8) is 0 Å². The van der Waals surface area contributed by atoms with Crippen molar-refractivity contribution >= 4 is 128 Å². The highest BCUT2D eigenvalue weighted by Gasteiger charge is 2.52. The molecule has 1 fully saturated rings. The first kappa shape index (κ1) is 64.2. The molecule has 0 bridgehead atoms. The normalized spacial score (nSPS) is 13.4. The number of nitrogens with zero attached hydrogens (tertiary/aromatic N) is 8. The molecule has 0 radical (unpaired) electrons. The number of hydrogen-bond acceptors (Lipinski definition) is 10. The number of halogens is 1. The number of imidazole rings is 2. The lowest BCUT2D eigenvalue weighted by molar-refractivity contribution is 0.00578. The van der Waals surface area contributed by atoms with Gasteiger partial charge in [-0.05, 0) is 117 Å². The van der Waals surface area contributed by atoms with Crippen molar-refractivity contribution in [3.05, 3.63) is 320 Å². The van der Waals surface area contributed by atoms with E-state index in [9.17, 15) is 0 Å². The smallest absolute Gasteiger partial charge is 0.454 e. The van der Waals surface area contributed by atoms with Gasteiger partial charge in [0.2, 0.25) is 0 Å². The van der Waals surface area contributed by atoms with Crippen LogP contribution in [0.2, 0.25) is 0 Å². The number of fused-ring (bicyclic) bond motifs is 20. The molecule has 21 rings (SSSR count). The van der Waals surface area contributed by atoms with E-state index in [1.807, 2.05) is 140 Å². The van der Waals surface area contributed by atoms with E-state index in [2.05, 4.69) is 228 Å². The summed E-state index contributed by atoms with van der Waals surface area (Å²) in [4.78, 5) is 29.6. The molecule has 12 nitrogen and oxygen atoms in total. The van der Waals surface area contributed by atoms with E-state index in [0.717, 1.165) is 182 Å². The Morgan fingerprint density at radius 1 is 0.302 bits per heavy atom. The Hall–Kier alpha value is -12.7. The van der Waals surface area contributed by atoms with Gasteiger partial charge in [-0.15, -0.1) is 0 Å². The van der Waals surface area contributed by atoms with Gasteiger partial charge in [-0.3, -0.25) is 8.80 Å². The number of benzene rings is 12. The van der Waals surface area contributed by atoms with Crippen molar-refractivity contribution in [2.24, 2.45) is 0 Å². The van der Waals surface area contributed by atoms with Gasteiger partial charge in [0, 0.05) is 70.2 Å². The highest BCUT2D eigenvalue weighted by Crippen LogP contribution is 2.43. The quantitative estimate of drug-likeness (QED) is 0.136. The minimum atomic E-state index is -0.431. The Morgan fingerprint density at radius 3 is 1.10 bits per heavy atom. The van der Waals surface area contributed by atoms with E-state index in [0.29, 0.717) is 5.82 Å². The van der Waals surface area contributed by atoms with E-state index >= 15 is 0 Å².